The van der Waals surface area contributed by atoms with Crippen LogP contribution in [0.1, 0.15) is 341 Å². The van der Waals surface area contributed by atoms with Gasteiger partial charge in [0.15, 0.2) is 0 Å². The van der Waals surface area contributed by atoms with Crippen molar-refractivity contribution in [1.29, 1.82) is 0 Å². The summed E-state index contributed by atoms with van der Waals surface area (Å²) < 4.78 is 5.49. The molecular weight excluding hydrogens is 827 g/mol. The zero-order valence-electron chi connectivity index (χ0n) is 45.4. The van der Waals surface area contributed by atoms with E-state index in [1.807, 2.05) is 0 Å². The molecule has 0 aliphatic rings. The van der Waals surface area contributed by atoms with Crippen LogP contribution in [-0.4, -0.2) is 47.4 Å². The second-order valence-electron chi connectivity index (χ2n) is 21.0. The van der Waals surface area contributed by atoms with Crippen LogP contribution in [0.25, 0.3) is 0 Å². The van der Waals surface area contributed by atoms with E-state index in [0.717, 1.165) is 51.4 Å². The summed E-state index contributed by atoms with van der Waals surface area (Å²) >= 11 is 0. The lowest BCUT2D eigenvalue weighted by Crippen LogP contribution is -2.45. The van der Waals surface area contributed by atoms with Crippen molar-refractivity contribution in [3.8, 4) is 0 Å². The molecule has 6 heteroatoms. The molecule has 0 rings (SSSR count). The largest absolute Gasteiger partial charge is 0.466 e. The number of unbranched alkanes of at least 4 members (excludes halogenated alkanes) is 44. The normalized spacial score (nSPS) is 12.6. The molecule has 0 aliphatic heterocycles. The van der Waals surface area contributed by atoms with Crippen LogP contribution < -0.4 is 5.32 Å². The number of aliphatic hydroxyl groups is 2. The Morgan fingerprint density at radius 2 is 0.701 bits per heavy atom. The molecule has 0 aromatic rings. The zero-order valence-corrected chi connectivity index (χ0v) is 45.4. The summed E-state index contributed by atoms with van der Waals surface area (Å²) in [5.74, 6) is -0.0394. The summed E-state index contributed by atoms with van der Waals surface area (Å²) in [4.78, 5) is 24.6. The van der Waals surface area contributed by atoms with Gasteiger partial charge in [0, 0.05) is 12.8 Å². The van der Waals surface area contributed by atoms with E-state index in [2.05, 4.69) is 31.3 Å². The molecule has 0 radical (unpaired) electrons. The number of carbonyl (C=O) groups is 2. The molecule has 0 saturated carbocycles. The van der Waals surface area contributed by atoms with Gasteiger partial charge in [-0.05, 0) is 51.4 Å². The number of allylic oxidation sites excluding steroid dienone is 2. The van der Waals surface area contributed by atoms with E-state index in [1.165, 1.54) is 257 Å². The lowest BCUT2D eigenvalue weighted by atomic mass is 10.0. The van der Waals surface area contributed by atoms with Gasteiger partial charge in [0.05, 0.1) is 25.4 Å². The molecule has 6 nitrogen and oxygen atoms in total. The van der Waals surface area contributed by atoms with Gasteiger partial charge in [-0.15, -0.1) is 0 Å². The smallest absolute Gasteiger partial charge is 0.305 e. The van der Waals surface area contributed by atoms with E-state index < -0.39 is 12.1 Å². The van der Waals surface area contributed by atoms with Crippen LogP contribution in [0.4, 0.5) is 0 Å². The Morgan fingerprint density at radius 3 is 1.06 bits per heavy atom. The molecule has 1 amide bonds. The van der Waals surface area contributed by atoms with Gasteiger partial charge in [-0.1, -0.05) is 289 Å². The van der Waals surface area contributed by atoms with Crippen molar-refractivity contribution < 1.29 is 24.5 Å². The number of esters is 1. The third-order valence-corrected chi connectivity index (χ3v) is 14.3. The maximum atomic E-state index is 12.5. The van der Waals surface area contributed by atoms with Gasteiger partial charge >= 0.3 is 5.97 Å². The zero-order chi connectivity index (χ0) is 48.6. The molecule has 0 spiro atoms. The maximum Gasteiger partial charge on any atom is 0.305 e. The van der Waals surface area contributed by atoms with Crippen LogP contribution >= 0.6 is 0 Å². The highest BCUT2D eigenvalue weighted by Crippen LogP contribution is 2.18. The summed E-state index contributed by atoms with van der Waals surface area (Å²) in [6.07, 6.45) is 67.8. The number of nitrogens with one attached hydrogen (secondary N) is 1. The Morgan fingerprint density at radius 1 is 0.403 bits per heavy atom. The third kappa shape index (κ3) is 53.8. The Balaban J connectivity index is 3.42. The minimum Gasteiger partial charge on any atom is -0.466 e. The minimum atomic E-state index is -0.672. The summed E-state index contributed by atoms with van der Waals surface area (Å²) in [5.41, 5.74) is 0. The van der Waals surface area contributed by atoms with Gasteiger partial charge in [-0.2, -0.15) is 0 Å². The highest BCUT2D eigenvalue weighted by Gasteiger charge is 2.20. The number of ether oxygens (including phenoxy) is 1. The quantitative estimate of drug-likeness (QED) is 0.0321. The summed E-state index contributed by atoms with van der Waals surface area (Å²) in [6, 6.07) is -0.550. The van der Waals surface area contributed by atoms with Crippen LogP contribution in [0.2, 0.25) is 0 Å². The Bertz CT molecular complexity index is 1000. The maximum absolute atomic E-state index is 12.5. The molecule has 3 N–H and O–H groups in total. The van der Waals surface area contributed by atoms with Crippen molar-refractivity contribution >= 4 is 11.9 Å². The van der Waals surface area contributed by atoms with Crippen LogP contribution in [0.3, 0.4) is 0 Å². The first-order valence-corrected chi connectivity index (χ1v) is 30.4. The Hall–Kier alpha value is -1.40. The first kappa shape index (κ1) is 65.6. The highest BCUT2D eigenvalue weighted by molar-refractivity contribution is 5.76. The number of amides is 1. The van der Waals surface area contributed by atoms with Gasteiger partial charge in [-0.25, -0.2) is 0 Å². The Labute approximate surface area is 419 Å². The predicted octanol–water partition coefficient (Wildman–Crippen LogP) is 18.9. The van der Waals surface area contributed by atoms with Crippen molar-refractivity contribution in [1.82, 2.24) is 5.32 Å². The highest BCUT2D eigenvalue weighted by atomic mass is 16.5. The van der Waals surface area contributed by atoms with Gasteiger partial charge < -0.3 is 20.3 Å². The van der Waals surface area contributed by atoms with Crippen LogP contribution in [-0.2, 0) is 14.3 Å². The fourth-order valence-electron chi connectivity index (χ4n) is 9.64. The number of hydrogen-bond donors (Lipinski definition) is 3. The van der Waals surface area contributed by atoms with Crippen molar-refractivity contribution in [3.05, 3.63) is 12.2 Å². The molecule has 2 atom stereocenters. The summed E-state index contributed by atoms with van der Waals surface area (Å²) in [6.45, 7) is 4.96. The second kappa shape index (κ2) is 57.2. The fourth-order valence-corrected chi connectivity index (χ4v) is 9.64. The molecule has 2 unspecified atom stereocenters. The fraction of sp³-hybridized carbons (Fsp3) is 0.934. The molecule has 0 fully saturated rings. The van der Waals surface area contributed by atoms with Gasteiger partial charge in [0.2, 0.25) is 5.91 Å². The molecule has 67 heavy (non-hydrogen) atoms. The second-order valence-corrected chi connectivity index (χ2v) is 21.0. The standard InChI is InChI=1S/C61H119NO5/c1-3-5-7-9-11-13-15-17-19-22-27-31-35-39-43-47-51-55-61(66)67-56-52-48-44-40-36-32-28-24-21-20-23-26-30-34-38-42-46-50-54-60(65)62-58(57-63)59(64)53-49-45-41-37-33-29-25-18-16-14-12-10-8-6-4-2/h23,26,58-59,63-64H,3-22,24-25,27-57H2,1-2H3,(H,62,65)/b26-23-. The minimum absolute atomic E-state index is 0.00762. The molecule has 398 valence electrons. The van der Waals surface area contributed by atoms with E-state index in [0.29, 0.717) is 25.9 Å². The van der Waals surface area contributed by atoms with Crippen LogP contribution in [0.5, 0.6) is 0 Å². The first-order valence-electron chi connectivity index (χ1n) is 30.4. The molecule has 0 bridgehead atoms. The van der Waals surface area contributed by atoms with Crippen molar-refractivity contribution in [2.45, 2.75) is 353 Å². The monoisotopic (exact) mass is 946 g/mol. The van der Waals surface area contributed by atoms with Gasteiger partial charge in [0.25, 0.3) is 0 Å². The van der Waals surface area contributed by atoms with E-state index in [-0.39, 0.29) is 18.5 Å². The number of hydrogen-bond acceptors (Lipinski definition) is 5. The SMILES string of the molecule is CCCCCCCCCCCCCCCCCCCC(=O)OCCCCCCCCCCC/C=C\CCCCCCCC(=O)NC(CO)C(O)CCCCCCCCCCCCCCCCC. The van der Waals surface area contributed by atoms with Crippen molar-refractivity contribution in [2.24, 2.45) is 0 Å². The summed E-state index contributed by atoms with van der Waals surface area (Å²) in [7, 11) is 0. The van der Waals surface area contributed by atoms with Gasteiger partial charge in [-0.3, -0.25) is 9.59 Å². The van der Waals surface area contributed by atoms with E-state index in [9.17, 15) is 19.8 Å². The van der Waals surface area contributed by atoms with Crippen molar-refractivity contribution in [3.63, 3.8) is 0 Å². The van der Waals surface area contributed by atoms with E-state index in [1.54, 1.807) is 0 Å². The average Bonchev–Trinajstić information content (AvgIpc) is 3.33. The number of carbonyl (C=O) groups excluding carboxylic acids is 2. The molecule has 0 aromatic carbocycles. The predicted molar refractivity (Wildman–Crippen MR) is 292 cm³/mol. The third-order valence-electron chi connectivity index (χ3n) is 14.3. The topological polar surface area (TPSA) is 95.9 Å². The molecule has 0 saturated heterocycles. The number of rotatable bonds is 57. The molecular formula is C61H119NO5. The number of aliphatic hydroxyl groups excluding tert-OH is 2. The van der Waals surface area contributed by atoms with Gasteiger partial charge in [0.1, 0.15) is 0 Å². The van der Waals surface area contributed by atoms with E-state index >= 15 is 0 Å². The molecule has 0 aromatic heterocycles. The molecule has 0 aliphatic carbocycles. The van der Waals surface area contributed by atoms with Crippen LogP contribution in [0.15, 0.2) is 12.2 Å². The average molecular weight is 947 g/mol. The lowest BCUT2D eigenvalue weighted by molar-refractivity contribution is -0.143. The summed E-state index contributed by atoms with van der Waals surface area (Å²) in [5, 5.41) is 23.3. The molecule has 0 heterocycles. The lowest BCUT2D eigenvalue weighted by Gasteiger charge is -2.22. The van der Waals surface area contributed by atoms with Crippen LogP contribution in [0, 0.1) is 0 Å². The van der Waals surface area contributed by atoms with E-state index in [4.69, 9.17) is 4.74 Å². The first-order chi connectivity index (χ1) is 33.0. The Kier molecular flexibility index (Phi) is 56.0. The van der Waals surface area contributed by atoms with Crippen molar-refractivity contribution in [2.75, 3.05) is 13.2 Å².